The van der Waals surface area contributed by atoms with Crippen molar-refractivity contribution in [3.8, 4) is 0 Å². The smallest absolute Gasteiger partial charge is 0.260 e. The van der Waals surface area contributed by atoms with Crippen molar-refractivity contribution in [3.05, 3.63) is 0 Å². The van der Waals surface area contributed by atoms with Crippen molar-refractivity contribution in [2.45, 2.75) is 12.3 Å². The number of nitrogens with one attached hydrogen (secondary N) is 1. The van der Waals surface area contributed by atoms with E-state index in [9.17, 15) is 13.6 Å². The van der Waals surface area contributed by atoms with Gasteiger partial charge in [-0.05, 0) is 0 Å². The Morgan fingerprint density at radius 1 is 1.70 bits per heavy atom. The SMILES string of the molecule is Cl.NNC(=O)[C@@H]1CC1(F)F. The lowest BCUT2D eigenvalue weighted by Crippen LogP contribution is -2.32. The molecular weight excluding hydrogens is 166 g/mol. The molecule has 0 aromatic rings. The van der Waals surface area contributed by atoms with Crippen LogP contribution < -0.4 is 11.3 Å². The van der Waals surface area contributed by atoms with E-state index >= 15 is 0 Å². The Morgan fingerprint density at radius 3 is 2.20 bits per heavy atom. The molecule has 1 fully saturated rings. The number of amides is 1. The second-order valence-corrected chi connectivity index (χ2v) is 2.03. The quantitative estimate of drug-likeness (QED) is 0.334. The molecule has 0 saturated heterocycles. The molecule has 1 aliphatic carbocycles. The first-order valence-electron chi connectivity index (χ1n) is 2.46. The van der Waals surface area contributed by atoms with E-state index < -0.39 is 17.7 Å². The van der Waals surface area contributed by atoms with Gasteiger partial charge in [-0.25, -0.2) is 14.6 Å². The van der Waals surface area contributed by atoms with Gasteiger partial charge in [0.1, 0.15) is 5.92 Å². The van der Waals surface area contributed by atoms with Gasteiger partial charge in [0.25, 0.3) is 5.92 Å². The zero-order chi connectivity index (χ0) is 7.07. The van der Waals surface area contributed by atoms with Crippen molar-refractivity contribution in [1.29, 1.82) is 0 Å². The van der Waals surface area contributed by atoms with Gasteiger partial charge in [0, 0.05) is 6.42 Å². The van der Waals surface area contributed by atoms with Gasteiger partial charge in [0.15, 0.2) is 0 Å². The Bertz CT molecular complexity index is 152. The van der Waals surface area contributed by atoms with Crippen LogP contribution in [0, 0.1) is 5.92 Å². The number of carbonyl (C=O) groups excluding carboxylic acids is 1. The summed E-state index contributed by atoms with van der Waals surface area (Å²) >= 11 is 0. The highest BCUT2D eigenvalue weighted by atomic mass is 35.5. The molecule has 0 bridgehead atoms. The third-order valence-corrected chi connectivity index (χ3v) is 1.28. The third-order valence-electron chi connectivity index (χ3n) is 1.28. The van der Waals surface area contributed by atoms with E-state index in [4.69, 9.17) is 0 Å². The minimum Gasteiger partial charge on any atom is -0.294 e. The first kappa shape index (κ1) is 9.58. The van der Waals surface area contributed by atoms with E-state index in [1.165, 1.54) is 0 Å². The van der Waals surface area contributed by atoms with Crippen LogP contribution in [0.5, 0.6) is 0 Å². The monoisotopic (exact) mass is 172 g/mol. The van der Waals surface area contributed by atoms with Crippen molar-refractivity contribution in [2.75, 3.05) is 0 Å². The average Bonchev–Trinajstić information content (AvgIpc) is 2.38. The van der Waals surface area contributed by atoms with Crippen molar-refractivity contribution >= 4 is 18.3 Å². The zero-order valence-electron chi connectivity index (χ0n) is 4.93. The second-order valence-electron chi connectivity index (χ2n) is 2.03. The first-order chi connectivity index (χ1) is 4.08. The van der Waals surface area contributed by atoms with E-state index in [1.54, 1.807) is 5.43 Å². The maximum absolute atomic E-state index is 11.9. The molecular formula is C4H7ClF2N2O. The summed E-state index contributed by atoms with van der Waals surface area (Å²) in [6.07, 6.45) is -0.365. The van der Waals surface area contributed by atoms with Crippen LogP contribution in [0.4, 0.5) is 8.78 Å². The molecule has 1 aliphatic rings. The summed E-state index contributed by atoms with van der Waals surface area (Å²) in [4.78, 5) is 10.3. The van der Waals surface area contributed by atoms with E-state index in [0.29, 0.717) is 0 Å². The Hall–Kier alpha value is -0.420. The van der Waals surface area contributed by atoms with Crippen LogP contribution in [0.25, 0.3) is 0 Å². The molecule has 1 rings (SSSR count). The number of rotatable bonds is 1. The predicted molar refractivity (Wildman–Crippen MR) is 32.6 cm³/mol. The Labute approximate surface area is 62.3 Å². The molecule has 1 amide bonds. The van der Waals surface area contributed by atoms with Gasteiger partial charge in [-0.2, -0.15) is 0 Å². The molecule has 0 unspecified atom stereocenters. The molecule has 0 aliphatic heterocycles. The van der Waals surface area contributed by atoms with Crippen LogP contribution in [0.15, 0.2) is 0 Å². The number of nitrogens with two attached hydrogens (primary N) is 1. The molecule has 3 nitrogen and oxygen atoms in total. The Balaban J connectivity index is 0.000000810. The fourth-order valence-electron chi connectivity index (χ4n) is 0.598. The molecule has 60 valence electrons. The minimum atomic E-state index is -2.80. The summed E-state index contributed by atoms with van der Waals surface area (Å²) in [5.74, 6) is -0.157. The maximum Gasteiger partial charge on any atom is 0.260 e. The van der Waals surface area contributed by atoms with E-state index in [0.717, 1.165) is 0 Å². The van der Waals surface area contributed by atoms with Crippen molar-refractivity contribution in [2.24, 2.45) is 11.8 Å². The summed E-state index contributed by atoms with van der Waals surface area (Å²) in [6.45, 7) is 0. The molecule has 1 saturated carbocycles. The predicted octanol–water partition coefficient (Wildman–Crippen LogP) is 0.0533. The number of hydrogen-bond donors (Lipinski definition) is 2. The topological polar surface area (TPSA) is 55.1 Å². The van der Waals surface area contributed by atoms with Crippen molar-refractivity contribution in [1.82, 2.24) is 5.43 Å². The van der Waals surface area contributed by atoms with E-state index in [1.807, 2.05) is 0 Å². The van der Waals surface area contributed by atoms with E-state index in [2.05, 4.69) is 5.84 Å². The molecule has 0 heterocycles. The fourth-order valence-corrected chi connectivity index (χ4v) is 0.598. The maximum atomic E-state index is 11.9. The third kappa shape index (κ3) is 1.54. The number of alkyl halides is 2. The molecule has 0 aromatic heterocycles. The second kappa shape index (κ2) is 2.67. The molecule has 10 heavy (non-hydrogen) atoms. The molecule has 0 aromatic carbocycles. The number of carbonyl (C=O) groups is 1. The van der Waals surface area contributed by atoms with Crippen LogP contribution in [-0.2, 0) is 4.79 Å². The Morgan fingerprint density at radius 2 is 2.10 bits per heavy atom. The molecule has 0 radical (unpaired) electrons. The largest absolute Gasteiger partial charge is 0.294 e. The molecule has 3 N–H and O–H groups in total. The lowest BCUT2D eigenvalue weighted by molar-refractivity contribution is -0.124. The van der Waals surface area contributed by atoms with Gasteiger partial charge in [0.05, 0.1) is 0 Å². The normalized spacial score (nSPS) is 26.5. The summed E-state index contributed by atoms with van der Waals surface area (Å²) in [6, 6.07) is 0. The molecule has 1 atom stereocenters. The van der Waals surface area contributed by atoms with Crippen LogP contribution in [0.1, 0.15) is 6.42 Å². The van der Waals surface area contributed by atoms with Crippen LogP contribution in [0.3, 0.4) is 0 Å². The van der Waals surface area contributed by atoms with Crippen LogP contribution >= 0.6 is 12.4 Å². The fraction of sp³-hybridized carbons (Fsp3) is 0.750. The number of hydrogen-bond acceptors (Lipinski definition) is 2. The van der Waals surface area contributed by atoms with Gasteiger partial charge in [0.2, 0.25) is 5.91 Å². The minimum absolute atomic E-state index is 0. The average molecular weight is 173 g/mol. The van der Waals surface area contributed by atoms with Gasteiger partial charge in [-0.3, -0.25) is 10.2 Å². The Kier molecular flexibility index (Phi) is 2.56. The first-order valence-corrected chi connectivity index (χ1v) is 2.46. The summed E-state index contributed by atoms with van der Waals surface area (Å²) < 4.78 is 23.8. The van der Waals surface area contributed by atoms with Gasteiger partial charge >= 0.3 is 0 Å². The van der Waals surface area contributed by atoms with Crippen LogP contribution in [0.2, 0.25) is 0 Å². The standard InChI is InChI=1S/C4H6F2N2O.ClH/c5-4(6)1-2(4)3(9)8-7;/h2H,1,7H2,(H,8,9);1H/t2-;/m0./s1. The summed E-state index contributed by atoms with van der Waals surface area (Å²) in [5.41, 5.74) is 1.66. The number of halogens is 3. The van der Waals surface area contributed by atoms with Crippen molar-refractivity contribution in [3.63, 3.8) is 0 Å². The lowest BCUT2D eigenvalue weighted by atomic mass is 10.4. The summed E-state index contributed by atoms with van der Waals surface area (Å²) in [7, 11) is 0. The van der Waals surface area contributed by atoms with Crippen molar-refractivity contribution < 1.29 is 13.6 Å². The molecule has 6 heteroatoms. The van der Waals surface area contributed by atoms with Gasteiger partial charge < -0.3 is 0 Å². The van der Waals surface area contributed by atoms with E-state index in [-0.39, 0.29) is 18.8 Å². The van der Waals surface area contributed by atoms with Gasteiger partial charge in [-0.15, -0.1) is 12.4 Å². The lowest BCUT2D eigenvalue weighted by Gasteiger charge is -1.93. The van der Waals surface area contributed by atoms with Gasteiger partial charge in [-0.1, -0.05) is 0 Å². The highest BCUT2D eigenvalue weighted by Crippen LogP contribution is 2.48. The molecule has 0 spiro atoms. The highest BCUT2D eigenvalue weighted by Gasteiger charge is 2.61. The number of hydrazine groups is 1. The summed E-state index contributed by atoms with van der Waals surface area (Å²) in [5, 5.41) is 0. The van der Waals surface area contributed by atoms with Crippen LogP contribution in [-0.4, -0.2) is 11.8 Å². The highest BCUT2D eigenvalue weighted by molar-refractivity contribution is 5.85. The zero-order valence-corrected chi connectivity index (χ0v) is 5.75.